The Morgan fingerprint density at radius 2 is 2.12 bits per heavy atom. The van der Waals surface area contributed by atoms with Crippen LogP contribution in [0.3, 0.4) is 0 Å². The molecule has 1 rings (SSSR count). The molecule has 4 nitrogen and oxygen atoms in total. The Labute approximate surface area is 104 Å². The fourth-order valence-electron chi connectivity index (χ4n) is 2.19. The summed E-state index contributed by atoms with van der Waals surface area (Å²) in [6.45, 7) is 6.64. The van der Waals surface area contributed by atoms with Gasteiger partial charge in [0.15, 0.2) is 0 Å². The molecule has 1 N–H and O–H groups in total. The highest BCUT2D eigenvalue weighted by Gasteiger charge is 2.29. The summed E-state index contributed by atoms with van der Waals surface area (Å²) in [5.74, 6) is 0. The van der Waals surface area contributed by atoms with E-state index in [2.05, 4.69) is 0 Å². The van der Waals surface area contributed by atoms with E-state index >= 15 is 0 Å². The number of nitrogens with zero attached hydrogens (tertiary/aromatic N) is 1. The Bertz CT molecular complexity index is 248. The molecule has 17 heavy (non-hydrogen) atoms. The van der Waals surface area contributed by atoms with E-state index < -0.39 is 5.60 Å². The lowest BCUT2D eigenvalue weighted by Gasteiger charge is -2.36. The van der Waals surface area contributed by atoms with Gasteiger partial charge in [0.05, 0.1) is 0 Å². The third kappa shape index (κ3) is 4.94. The van der Waals surface area contributed by atoms with Gasteiger partial charge in [-0.05, 0) is 52.9 Å². The number of amides is 1. The smallest absolute Gasteiger partial charge is 0.410 e. The summed E-state index contributed by atoms with van der Waals surface area (Å²) in [4.78, 5) is 13.9. The minimum absolute atomic E-state index is 0.193. The van der Waals surface area contributed by atoms with Gasteiger partial charge in [-0.1, -0.05) is 0 Å². The average Bonchev–Trinajstić information content (AvgIpc) is 2.24. The Morgan fingerprint density at radius 3 is 2.71 bits per heavy atom. The molecule has 100 valence electrons. The van der Waals surface area contributed by atoms with Crippen molar-refractivity contribution in [2.75, 3.05) is 13.2 Å². The molecule has 0 saturated carbocycles. The Morgan fingerprint density at radius 1 is 1.41 bits per heavy atom. The van der Waals surface area contributed by atoms with Crippen LogP contribution in [0.4, 0.5) is 4.79 Å². The highest BCUT2D eigenvalue weighted by molar-refractivity contribution is 5.68. The van der Waals surface area contributed by atoms with E-state index in [0.717, 1.165) is 38.6 Å². The van der Waals surface area contributed by atoms with E-state index in [4.69, 9.17) is 9.84 Å². The van der Waals surface area contributed by atoms with Crippen molar-refractivity contribution in [1.82, 2.24) is 4.90 Å². The molecule has 1 atom stereocenters. The largest absolute Gasteiger partial charge is 0.444 e. The van der Waals surface area contributed by atoms with Gasteiger partial charge in [-0.3, -0.25) is 0 Å². The average molecular weight is 243 g/mol. The van der Waals surface area contributed by atoms with Crippen molar-refractivity contribution in [3.63, 3.8) is 0 Å². The third-order valence-corrected chi connectivity index (χ3v) is 2.95. The van der Waals surface area contributed by atoms with Crippen LogP contribution in [0, 0.1) is 0 Å². The van der Waals surface area contributed by atoms with Gasteiger partial charge < -0.3 is 14.7 Å². The quantitative estimate of drug-likeness (QED) is 0.828. The van der Waals surface area contributed by atoms with E-state index in [1.807, 2.05) is 25.7 Å². The lowest BCUT2D eigenvalue weighted by molar-refractivity contribution is 0.00811. The lowest BCUT2D eigenvalue weighted by Crippen LogP contribution is -2.46. The second-order valence-corrected chi connectivity index (χ2v) is 5.69. The predicted molar refractivity (Wildman–Crippen MR) is 66.9 cm³/mol. The van der Waals surface area contributed by atoms with Crippen molar-refractivity contribution < 1.29 is 14.6 Å². The van der Waals surface area contributed by atoms with Crippen LogP contribution >= 0.6 is 0 Å². The normalized spacial score (nSPS) is 21.4. The molecule has 1 saturated heterocycles. The summed E-state index contributed by atoms with van der Waals surface area (Å²) in [6, 6.07) is 0.241. The van der Waals surface area contributed by atoms with E-state index in [1.165, 1.54) is 0 Å². The van der Waals surface area contributed by atoms with Crippen LogP contribution in [0.2, 0.25) is 0 Å². The Hall–Kier alpha value is -0.770. The fraction of sp³-hybridized carbons (Fsp3) is 0.923. The lowest BCUT2D eigenvalue weighted by atomic mass is 9.98. The van der Waals surface area contributed by atoms with Gasteiger partial charge in [0.25, 0.3) is 0 Å². The highest BCUT2D eigenvalue weighted by atomic mass is 16.6. The summed E-state index contributed by atoms with van der Waals surface area (Å²) in [5.41, 5.74) is -0.434. The summed E-state index contributed by atoms with van der Waals surface area (Å²) in [5, 5.41) is 8.87. The van der Waals surface area contributed by atoms with Crippen molar-refractivity contribution in [2.24, 2.45) is 0 Å². The molecule has 1 fully saturated rings. The highest BCUT2D eigenvalue weighted by Crippen LogP contribution is 2.23. The molecule has 0 radical (unpaired) electrons. The SMILES string of the molecule is CC(C)(C)OC(=O)N1CCCC[C@H]1CCCO. The number of likely N-dealkylation sites (tertiary alicyclic amines) is 1. The summed E-state index contributed by atoms with van der Waals surface area (Å²) in [7, 11) is 0. The molecule has 1 heterocycles. The van der Waals surface area contributed by atoms with Crippen LogP contribution in [0.15, 0.2) is 0 Å². The minimum atomic E-state index is -0.434. The first kappa shape index (κ1) is 14.3. The van der Waals surface area contributed by atoms with Crippen molar-refractivity contribution >= 4 is 6.09 Å². The number of hydrogen-bond acceptors (Lipinski definition) is 3. The number of rotatable bonds is 3. The molecule has 0 aromatic rings. The molecule has 0 aromatic carbocycles. The van der Waals surface area contributed by atoms with Crippen molar-refractivity contribution in [3.8, 4) is 0 Å². The van der Waals surface area contributed by atoms with Gasteiger partial charge in [0.1, 0.15) is 5.60 Å². The van der Waals surface area contributed by atoms with Crippen molar-refractivity contribution in [2.45, 2.75) is 64.5 Å². The molecule has 0 aromatic heterocycles. The van der Waals surface area contributed by atoms with Crippen LogP contribution < -0.4 is 0 Å². The fourth-order valence-corrected chi connectivity index (χ4v) is 2.19. The molecule has 0 unspecified atom stereocenters. The van der Waals surface area contributed by atoms with Gasteiger partial charge in [-0.15, -0.1) is 0 Å². The first-order chi connectivity index (χ1) is 7.94. The Balaban J connectivity index is 2.54. The second kappa shape index (κ2) is 6.24. The van der Waals surface area contributed by atoms with Gasteiger partial charge >= 0.3 is 6.09 Å². The first-order valence-corrected chi connectivity index (χ1v) is 6.54. The van der Waals surface area contributed by atoms with Gasteiger partial charge in [-0.2, -0.15) is 0 Å². The van der Waals surface area contributed by atoms with E-state index in [-0.39, 0.29) is 18.7 Å². The molecule has 0 aliphatic carbocycles. The molecule has 0 spiro atoms. The Kier molecular flexibility index (Phi) is 5.25. The van der Waals surface area contributed by atoms with E-state index in [1.54, 1.807) is 0 Å². The maximum absolute atomic E-state index is 12.0. The maximum Gasteiger partial charge on any atom is 0.410 e. The zero-order valence-electron chi connectivity index (χ0n) is 11.2. The van der Waals surface area contributed by atoms with E-state index in [0.29, 0.717) is 0 Å². The second-order valence-electron chi connectivity index (χ2n) is 5.69. The monoisotopic (exact) mass is 243 g/mol. The number of ether oxygens (including phenoxy) is 1. The molecule has 1 amide bonds. The molecule has 1 aliphatic rings. The van der Waals surface area contributed by atoms with Crippen molar-refractivity contribution in [3.05, 3.63) is 0 Å². The van der Waals surface area contributed by atoms with Gasteiger partial charge in [0.2, 0.25) is 0 Å². The number of carbonyl (C=O) groups is 1. The first-order valence-electron chi connectivity index (χ1n) is 6.54. The minimum Gasteiger partial charge on any atom is -0.444 e. The number of aliphatic hydroxyl groups excluding tert-OH is 1. The number of hydrogen-bond donors (Lipinski definition) is 1. The zero-order chi connectivity index (χ0) is 12.9. The molecule has 4 heteroatoms. The molecule has 0 bridgehead atoms. The molecular formula is C13H25NO3. The standard InChI is InChI=1S/C13H25NO3/c1-13(2,3)17-12(16)14-9-5-4-7-11(14)8-6-10-15/h11,15H,4-10H2,1-3H3/t11-/m0/s1. The van der Waals surface area contributed by atoms with Crippen LogP contribution in [0.25, 0.3) is 0 Å². The number of aliphatic hydroxyl groups is 1. The van der Waals surface area contributed by atoms with Crippen LogP contribution in [0.5, 0.6) is 0 Å². The third-order valence-electron chi connectivity index (χ3n) is 2.95. The number of carbonyl (C=O) groups excluding carboxylic acids is 1. The van der Waals surface area contributed by atoms with Crippen molar-refractivity contribution in [1.29, 1.82) is 0 Å². The topological polar surface area (TPSA) is 49.8 Å². The molecule has 1 aliphatic heterocycles. The van der Waals surface area contributed by atoms with Gasteiger partial charge in [0, 0.05) is 19.2 Å². The summed E-state index contributed by atoms with van der Waals surface area (Å²) in [6.07, 6.45) is 4.66. The zero-order valence-corrected chi connectivity index (χ0v) is 11.2. The van der Waals surface area contributed by atoms with Crippen LogP contribution in [-0.2, 0) is 4.74 Å². The van der Waals surface area contributed by atoms with Gasteiger partial charge in [-0.25, -0.2) is 4.79 Å². The molecular weight excluding hydrogens is 218 g/mol. The van der Waals surface area contributed by atoms with E-state index in [9.17, 15) is 4.79 Å². The summed E-state index contributed by atoms with van der Waals surface area (Å²) < 4.78 is 5.41. The summed E-state index contributed by atoms with van der Waals surface area (Å²) >= 11 is 0. The number of piperidine rings is 1. The maximum atomic E-state index is 12.0. The predicted octanol–water partition coefficient (Wildman–Crippen LogP) is 2.55. The van der Waals surface area contributed by atoms with Crippen LogP contribution in [0.1, 0.15) is 52.9 Å². The van der Waals surface area contributed by atoms with Crippen LogP contribution in [-0.4, -0.2) is 40.9 Å².